The monoisotopic (exact) mass is 285 g/mol. The molecule has 1 aliphatic carbocycles. The molecule has 108 valence electrons. The number of allylic oxidation sites excluding steroid dienone is 1. The lowest BCUT2D eigenvalue weighted by Gasteiger charge is -2.24. The molecule has 0 atom stereocenters. The van der Waals surface area contributed by atoms with E-state index in [0.717, 1.165) is 25.7 Å². The van der Waals surface area contributed by atoms with Crippen LogP contribution < -0.4 is 10.1 Å². The van der Waals surface area contributed by atoms with Crippen molar-refractivity contribution in [1.82, 2.24) is 0 Å². The van der Waals surface area contributed by atoms with Crippen molar-refractivity contribution in [3.05, 3.63) is 35.8 Å². The van der Waals surface area contributed by atoms with Crippen LogP contribution in [0, 0.1) is 28.5 Å². The molecule has 0 bridgehead atoms. The van der Waals surface area contributed by atoms with Gasteiger partial charge in [0.1, 0.15) is 17.7 Å². The van der Waals surface area contributed by atoms with Gasteiger partial charge < -0.3 is 10.1 Å². The first-order chi connectivity index (χ1) is 10.2. The van der Waals surface area contributed by atoms with Crippen molar-refractivity contribution in [3.8, 4) is 17.9 Å². The van der Waals surface area contributed by atoms with Crippen molar-refractivity contribution in [2.24, 2.45) is 0 Å². The van der Waals surface area contributed by atoms with Gasteiger partial charge in [-0.1, -0.05) is 12.5 Å². The molecule has 0 aromatic heterocycles. The van der Waals surface area contributed by atoms with Crippen LogP contribution in [0.2, 0.25) is 0 Å². The van der Waals surface area contributed by atoms with Crippen molar-refractivity contribution >= 4 is 5.69 Å². The fourth-order valence-electron chi connectivity index (χ4n) is 2.33. The second kappa shape index (κ2) is 7.31. The zero-order chi connectivity index (χ0) is 15.1. The van der Waals surface area contributed by atoms with Crippen LogP contribution in [-0.2, 0) is 0 Å². The number of anilines is 1. The third-order valence-corrected chi connectivity index (χ3v) is 3.42. The lowest BCUT2D eigenvalue weighted by molar-refractivity contribution is 0.150. The first-order valence-corrected chi connectivity index (χ1v) is 6.96. The van der Waals surface area contributed by atoms with Gasteiger partial charge in [0.05, 0.1) is 11.8 Å². The van der Waals surface area contributed by atoms with Crippen LogP contribution in [0.25, 0.3) is 0 Å². The summed E-state index contributed by atoms with van der Waals surface area (Å²) in [7, 11) is 0. The Morgan fingerprint density at radius 2 is 1.95 bits per heavy atom. The van der Waals surface area contributed by atoms with E-state index in [1.807, 2.05) is 0 Å². The maximum atomic E-state index is 14.0. The topological polar surface area (TPSA) is 68.8 Å². The molecular formula is C16H16FN3O. The van der Waals surface area contributed by atoms with Gasteiger partial charge in [0.2, 0.25) is 0 Å². The number of ether oxygens (including phenoxy) is 1. The highest BCUT2D eigenvalue weighted by molar-refractivity contribution is 5.59. The fourth-order valence-corrected chi connectivity index (χ4v) is 2.33. The second-order valence-corrected chi connectivity index (χ2v) is 4.92. The van der Waals surface area contributed by atoms with Crippen molar-refractivity contribution in [2.75, 3.05) is 5.32 Å². The summed E-state index contributed by atoms with van der Waals surface area (Å²) in [6.07, 6.45) is 6.49. The van der Waals surface area contributed by atoms with Crippen LogP contribution in [0.15, 0.2) is 30.0 Å². The second-order valence-electron chi connectivity index (χ2n) is 4.92. The van der Waals surface area contributed by atoms with Gasteiger partial charge >= 0.3 is 0 Å². The normalized spacial score (nSPS) is 14.6. The third-order valence-electron chi connectivity index (χ3n) is 3.42. The van der Waals surface area contributed by atoms with Crippen molar-refractivity contribution in [1.29, 1.82) is 10.5 Å². The van der Waals surface area contributed by atoms with Crippen LogP contribution in [0.3, 0.4) is 0 Å². The van der Waals surface area contributed by atoms with Gasteiger partial charge in [-0.25, -0.2) is 4.39 Å². The number of nitriles is 2. The molecule has 4 nitrogen and oxygen atoms in total. The van der Waals surface area contributed by atoms with Gasteiger partial charge in [-0.3, -0.25) is 0 Å². The number of halogens is 1. The molecule has 0 unspecified atom stereocenters. The lowest BCUT2D eigenvalue weighted by Crippen LogP contribution is -2.20. The minimum atomic E-state index is -0.450. The Labute approximate surface area is 123 Å². The van der Waals surface area contributed by atoms with E-state index in [-0.39, 0.29) is 17.4 Å². The largest absolute Gasteiger partial charge is 0.485 e. The molecule has 1 aliphatic rings. The molecule has 1 fully saturated rings. The highest BCUT2D eigenvalue weighted by atomic mass is 19.1. The quantitative estimate of drug-likeness (QED) is 0.852. The molecule has 0 amide bonds. The molecule has 0 spiro atoms. The molecule has 2 rings (SSSR count). The Bertz CT molecular complexity index is 591. The maximum absolute atomic E-state index is 14.0. The SMILES string of the molecule is N#CC(C#N)=CNc1cccc(F)c1OC1CCCCC1. The van der Waals surface area contributed by atoms with Gasteiger partial charge in [0, 0.05) is 6.20 Å². The molecule has 0 aliphatic heterocycles. The van der Waals surface area contributed by atoms with Gasteiger partial charge in [0.25, 0.3) is 0 Å². The van der Waals surface area contributed by atoms with E-state index < -0.39 is 5.82 Å². The number of benzene rings is 1. The van der Waals surface area contributed by atoms with Gasteiger partial charge in [-0.15, -0.1) is 0 Å². The van der Waals surface area contributed by atoms with Gasteiger partial charge in [-0.2, -0.15) is 10.5 Å². The highest BCUT2D eigenvalue weighted by Gasteiger charge is 2.18. The van der Waals surface area contributed by atoms with Crippen LogP contribution in [-0.4, -0.2) is 6.10 Å². The number of nitrogens with one attached hydrogen (secondary N) is 1. The molecule has 21 heavy (non-hydrogen) atoms. The summed E-state index contributed by atoms with van der Waals surface area (Å²) in [5.74, 6) is -0.301. The van der Waals surface area contributed by atoms with Crippen LogP contribution in [0.4, 0.5) is 10.1 Å². The smallest absolute Gasteiger partial charge is 0.178 e. The standard InChI is InChI=1S/C16H16FN3O/c17-14-7-4-8-15(20-11-12(9-18)10-19)16(14)21-13-5-2-1-3-6-13/h4,7-8,11,13,20H,1-3,5-6H2. The van der Waals surface area contributed by atoms with E-state index >= 15 is 0 Å². The lowest BCUT2D eigenvalue weighted by atomic mass is 9.98. The molecule has 0 radical (unpaired) electrons. The molecule has 1 saturated carbocycles. The molecule has 5 heteroatoms. The number of nitrogens with zero attached hydrogens (tertiary/aromatic N) is 2. The predicted molar refractivity (Wildman–Crippen MR) is 76.8 cm³/mol. The first kappa shape index (κ1) is 14.9. The van der Waals surface area contributed by atoms with Crippen molar-refractivity contribution in [3.63, 3.8) is 0 Å². The van der Waals surface area contributed by atoms with Crippen molar-refractivity contribution in [2.45, 2.75) is 38.2 Å². The molecule has 1 aromatic carbocycles. The Morgan fingerprint density at radius 1 is 1.24 bits per heavy atom. The zero-order valence-corrected chi connectivity index (χ0v) is 11.6. The first-order valence-electron chi connectivity index (χ1n) is 6.96. The summed E-state index contributed by atoms with van der Waals surface area (Å²) >= 11 is 0. The predicted octanol–water partition coefficient (Wildman–Crippen LogP) is 3.88. The molecule has 1 N–H and O–H groups in total. The summed E-state index contributed by atoms with van der Waals surface area (Å²) in [5, 5.41) is 20.2. The summed E-state index contributed by atoms with van der Waals surface area (Å²) < 4.78 is 19.8. The Kier molecular flexibility index (Phi) is 5.17. The minimum Gasteiger partial charge on any atom is -0.485 e. The summed E-state index contributed by atoms with van der Waals surface area (Å²) in [5.41, 5.74) is 0.339. The Hall–Kier alpha value is -2.53. The number of hydrogen-bond donors (Lipinski definition) is 1. The summed E-state index contributed by atoms with van der Waals surface area (Å²) in [4.78, 5) is 0. The van der Waals surface area contributed by atoms with Crippen LogP contribution in [0.1, 0.15) is 32.1 Å². The fraction of sp³-hybridized carbons (Fsp3) is 0.375. The van der Waals surface area contributed by atoms with E-state index in [1.54, 1.807) is 24.3 Å². The summed E-state index contributed by atoms with van der Waals surface area (Å²) in [6.45, 7) is 0. The Morgan fingerprint density at radius 3 is 2.62 bits per heavy atom. The Balaban J connectivity index is 2.18. The van der Waals surface area contributed by atoms with Crippen molar-refractivity contribution < 1.29 is 9.13 Å². The van der Waals surface area contributed by atoms with Gasteiger partial charge in [0.15, 0.2) is 11.6 Å². The zero-order valence-electron chi connectivity index (χ0n) is 11.6. The average Bonchev–Trinajstić information content (AvgIpc) is 2.52. The highest BCUT2D eigenvalue weighted by Crippen LogP contribution is 2.32. The van der Waals surface area contributed by atoms with E-state index in [0.29, 0.717) is 5.69 Å². The average molecular weight is 285 g/mol. The minimum absolute atomic E-state index is 0.0200. The van der Waals surface area contributed by atoms with E-state index in [9.17, 15) is 4.39 Å². The molecular weight excluding hydrogens is 269 g/mol. The van der Waals surface area contributed by atoms with Crippen LogP contribution >= 0.6 is 0 Å². The van der Waals surface area contributed by atoms with E-state index in [4.69, 9.17) is 15.3 Å². The summed E-state index contributed by atoms with van der Waals surface area (Å²) in [6, 6.07) is 8.03. The van der Waals surface area contributed by atoms with Gasteiger partial charge in [-0.05, 0) is 37.8 Å². The molecule has 0 saturated heterocycles. The maximum Gasteiger partial charge on any atom is 0.178 e. The van der Waals surface area contributed by atoms with E-state index in [2.05, 4.69) is 5.32 Å². The number of hydrogen-bond acceptors (Lipinski definition) is 4. The molecule has 1 aromatic rings. The van der Waals surface area contributed by atoms with Crippen LogP contribution in [0.5, 0.6) is 5.75 Å². The van der Waals surface area contributed by atoms with E-state index in [1.165, 1.54) is 18.7 Å². The third kappa shape index (κ3) is 3.97. The molecule has 0 heterocycles. The number of para-hydroxylation sites is 1. The number of rotatable bonds is 4.